The van der Waals surface area contributed by atoms with Crippen LogP contribution in [0.3, 0.4) is 0 Å². The summed E-state index contributed by atoms with van der Waals surface area (Å²) in [5.41, 5.74) is 5.31. The molecule has 0 spiro atoms. The summed E-state index contributed by atoms with van der Waals surface area (Å²) in [4.78, 5) is 45.7. The number of nitrogens with two attached hydrogens (primary N) is 1. The van der Waals surface area contributed by atoms with Crippen molar-refractivity contribution in [2.45, 2.75) is 187 Å². The van der Waals surface area contributed by atoms with Crippen LogP contribution in [0.5, 0.6) is 0 Å². The number of carbonyl (C=O) groups excluding carboxylic acids is 2. The lowest BCUT2D eigenvalue weighted by molar-refractivity contribution is -0.161. The lowest BCUT2D eigenvalue weighted by atomic mass is 10.0. The zero-order valence-corrected chi connectivity index (χ0v) is 31.7. The summed E-state index contributed by atoms with van der Waals surface area (Å²) >= 11 is 0. The lowest BCUT2D eigenvalue weighted by Gasteiger charge is -2.20. The number of allylic oxidation sites excluding steroid dienone is 2. The third kappa shape index (κ3) is 33.1. The van der Waals surface area contributed by atoms with Crippen molar-refractivity contribution in [3.8, 4) is 0 Å². The molecule has 12 heteroatoms. The molecule has 0 saturated carbocycles. The van der Waals surface area contributed by atoms with Crippen molar-refractivity contribution in [1.29, 1.82) is 0 Å². The molecule has 4 N–H and O–H groups in total. The Bertz CT molecular complexity index is 900. The predicted octanol–water partition coefficient (Wildman–Crippen LogP) is 9.34. The highest BCUT2D eigenvalue weighted by atomic mass is 31.2. The fraction of sp³-hybridized carbons (Fsp3) is 0.865. The number of carboxylic acids is 1. The van der Waals surface area contributed by atoms with E-state index in [1.165, 1.54) is 77.0 Å². The van der Waals surface area contributed by atoms with Gasteiger partial charge in [0.15, 0.2) is 6.10 Å². The van der Waals surface area contributed by atoms with Gasteiger partial charge in [-0.15, -0.1) is 0 Å². The van der Waals surface area contributed by atoms with Crippen LogP contribution in [-0.4, -0.2) is 59.9 Å². The number of rotatable bonds is 36. The van der Waals surface area contributed by atoms with E-state index in [0.29, 0.717) is 12.8 Å². The number of phosphoric acid groups is 1. The van der Waals surface area contributed by atoms with Gasteiger partial charge in [0.1, 0.15) is 12.6 Å². The molecular weight excluding hydrogens is 649 g/mol. The van der Waals surface area contributed by atoms with E-state index in [1.807, 2.05) is 0 Å². The van der Waals surface area contributed by atoms with Gasteiger partial charge in [-0.25, -0.2) is 4.57 Å². The van der Waals surface area contributed by atoms with E-state index in [4.69, 9.17) is 24.8 Å². The first-order valence-corrected chi connectivity index (χ1v) is 20.7. The highest BCUT2D eigenvalue weighted by molar-refractivity contribution is 7.47. The lowest BCUT2D eigenvalue weighted by Crippen LogP contribution is -2.34. The normalized spacial score (nSPS) is 14.0. The molecule has 0 radical (unpaired) electrons. The first-order valence-electron chi connectivity index (χ1n) is 19.2. The molecule has 0 aliphatic heterocycles. The number of phosphoric ester groups is 1. The van der Waals surface area contributed by atoms with Crippen LogP contribution in [0.1, 0.15) is 174 Å². The van der Waals surface area contributed by atoms with Gasteiger partial charge in [-0.1, -0.05) is 135 Å². The number of ether oxygens (including phenoxy) is 2. The van der Waals surface area contributed by atoms with Gasteiger partial charge in [0.05, 0.1) is 13.2 Å². The molecule has 0 aromatic carbocycles. The summed E-state index contributed by atoms with van der Waals surface area (Å²) in [6.45, 7) is 2.76. The van der Waals surface area contributed by atoms with Crippen molar-refractivity contribution in [3.05, 3.63) is 12.2 Å². The average molecular weight is 720 g/mol. The zero-order valence-electron chi connectivity index (χ0n) is 30.8. The maximum absolute atomic E-state index is 12.5. The number of aliphatic carboxylic acids is 1. The number of hydrogen-bond donors (Lipinski definition) is 3. The van der Waals surface area contributed by atoms with Crippen LogP contribution >= 0.6 is 7.82 Å². The Hall–Kier alpha value is -1.78. The number of carboxylic acid groups (broad SMARTS) is 1. The molecule has 0 heterocycles. The topological polar surface area (TPSA) is 172 Å². The van der Waals surface area contributed by atoms with E-state index in [0.717, 1.165) is 57.8 Å². The van der Waals surface area contributed by atoms with Crippen LogP contribution in [0.15, 0.2) is 12.2 Å². The third-order valence-corrected chi connectivity index (χ3v) is 9.21. The first-order chi connectivity index (χ1) is 23.6. The Morgan fingerprint density at radius 3 is 1.51 bits per heavy atom. The fourth-order valence-electron chi connectivity index (χ4n) is 5.18. The molecule has 0 aliphatic carbocycles. The van der Waals surface area contributed by atoms with Gasteiger partial charge in [0.2, 0.25) is 0 Å². The van der Waals surface area contributed by atoms with E-state index in [1.54, 1.807) is 0 Å². The van der Waals surface area contributed by atoms with E-state index in [-0.39, 0.29) is 19.4 Å². The van der Waals surface area contributed by atoms with Gasteiger partial charge < -0.3 is 25.2 Å². The molecule has 3 atom stereocenters. The van der Waals surface area contributed by atoms with E-state index >= 15 is 0 Å². The minimum absolute atomic E-state index is 0.164. The molecule has 1 unspecified atom stereocenters. The van der Waals surface area contributed by atoms with E-state index in [9.17, 15) is 23.8 Å². The Morgan fingerprint density at radius 2 is 1.02 bits per heavy atom. The Kier molecular flexibility index (Phi) is 32.2. The Morgan fingerprint density at radius 1 is 0.612 bits per heavy atom. The van der Waals surface area contributed by atoms with Crippen molar-refractivity contribution >= 4 is 25.7 Å². The van der Waals surface area contributed by atoms with Gasteiger partial charge in [-0.3, -0.25) is 23.4 Å². The largest absolute Gasteiger partial charge is 0.480 e. The maximum atomic E-state index is 12.5. The second-order valence-corrected chi connectivity index (χ2v) is 14.5. The molecule has 0 aromatic rings. The van der Waals surface area contributed by atoms with Gasteiger partial charge in [0, 0.05) is 12.8 Å². The summed E-state index contributed by atoms with van der Waals surface area (Å²) in [6.07, 6.45) is 29.9. The SMILES string of the molecule is CCCCCC/C=C\CCCCCCCC(=O)OC[C@H](COP(=O)(O)OC[C@H](N)C(=O)O)OC(=O)CCCCCCCCCCCCCC. The Labute approximate surface area is 297 Å². The van der Waals surface area contributed by atoms with E-state index < -0.39 is 51.1 Å². The van der Waals surface area contributed by atoms with Crippen molar-refractivity contribution in [2.24, 2.45) is 5.73 Å². The number of esters is 2. The summed E-state index contributed by atoms with van der Waals surface area (Å²) in [5.74, 6) is -2.38. The predicted molar refractivity (Wildman–Crippen MR) is 194 cm³/mol. The van der Waals surface area contributed by atoms with Crippen molar-refractivity contribution in [3.63, 3.8) is 0 Å². The monoisotopic (exact) mass is 719 g/mol. The van der Waals surface area contributed by atoms with Crippen LogP contribution in [-0.2, 0) is 37.5 Å². The van der Waals surface area contributed by atoms with Crippen molar-refractivity contribution < 1.29 is 47.5 Å². The standard InChI is InChI=1S/C37H70NO10P/c1-3-5-7-9-11-13-15-17-19-20-22-24-26-28-35(39)45-30-33(31-46-49(43,44)47-32-34(38)37(41)42)48-36(40)29-27-25-23-21-18-16-14-12-10-8-6-4-2/h13,15,33-34H,3-12,14,16-32,38H2,1-2H3,(H,41,42)(H,43,44)/b15-13-/t33-,34+/m1/s1. The second-order valence-electron chi connectivity index (χ2n) is 13.1. The molecule has 0 bridgehead atoms. The summed E-state index contributed by atoms with van der Waals surface area (Å²) in [5, 5.41) is 8.85. The molecule has 0 aliphatic rings. The first kappa shape index (κ1) is 47.2. The Balaban J connectivity index is 4.44. The fourth-order valence-corrected chi connectivity index (χ4v) is 5.95. The van der Waals surface area contributed by atoms with Gasteiger partial charge in [-0.2, -0.15) is 0 Å². The van der Waals surface area contributed by atoms with Gasteiger partial charge in [0.25, 0.3) is 0 Å². The van der Waals surface area contributed by atoms with Gasteiger partial charge in [-0.05, 0) is 38.5 Å². The smallest absolute Gasteiger partial charge is 0.472 e. The molecule has 0 saturated heterocycles. The molecule has 0 rings (SSSR count). The molecule has 49 heavy (non-hydrogen) atoms. The van der Waals surface area contributed by atoms with Crippen LogP contribution in [0.25, 0.3) is 0 Å². The number of carbonyl (C=O) groups is 3. The quantitative estimate of drug-likeness (QED) is 0.0244. The van der Waals surface area contributed by atoms with Gasteiger partial charge >= 0.3 is 25.7 Å². The van der Waals surface area contributed by atoms with Crippen molar-refractivity contribution in [1.82, 2.24) is 0 Å². The average Bonchev–Trinajstić information content (AvgIpc) is 3.07. The molecule has 0 fully saturated rings. The minimum atomic E-state index is -4.70. The molecule has 0 amide bonds. The van der Waals surface area contributed by atoms with Crippen LogP contribution in [0.4, 0.5) is 0 Å². The second kappa shape index (κ2) is 33.4. The number of hydrogen-bond acceptors (Lipinski definition) is 9. The number of unbranched alkanes of at least 4 members (excludes halogenated alkanes) is 20. The summed E-state index contributed by atoms with van der Waals surface area (Å²) in [7, 11) is -4.70. The molecular formula is C37H70NO10P. The maximum Gasteiger partial charge on any atom is 0.472 e. The zero-order chi connectivity index (χ0) is 36.4. The highest BCUT2D eigenvalue weighted by Gasteiger charge is 2.28. The van der Waals surface area contributed by atoms with Crippen LogP contribution in [0, 0.1) is 0 Å². The van der Waals surface area contributed by atoms with E-state index in [2.05, 4.69) is 30.5 Å². The minimum Gasteiger partial charge on any atom is -0.480 e. The third-order valence-electron chi connectivity index (χ3n) is 8.26. The summed E-state index contributed by atoms with van der Waals surface area (Å²) < 4.78 is 32.5. The van der Waals surface area contributed by atoms with Crippen LogP contribution in [0.2, 0.25) is 0 Å². The van der Waals surface area contributed by atoms with Crippen molar-refractivity contribution in [2.75, 3.05) is 19.8 Å². The summed E-state index contributed by atoms with van der Waals surface area (Å²) in [6, 6.07) is -1.52. The van der Waals surface area contributed by atoms with Crippen LogP contribution < -0.4 is 5.73 Å². The molecule has 288 valence electrons. The molecule has 11 nitrogen and oxygen atoms in total. The highest BCUT2D eigenvalue weighted by Crippen LogP contribution is 2.43. The molecule has 0 aromatic heterocycles.